The first-order valence-corrected chi connectivity index (χ1v) is 7.45. The Morgan fingerprint density at radius 3 is 2.55 bits per heavy atom. The number of benzene rings is 2. The monoisotopic (exact) mass is 318 g/mol. The first-order valence-electron chi connectivity index (χ1n) is 7.07. The number of anilines is 2. The molecule has 1 N–H and O–H groups in total. The van der Waals surface area contributed by atoms with Crippen LogP contribution in [0, 0.1) is 0 Å². The third kappa shape index (κ3) is 4.15. The molecule has 2 rings (SSSR count). The van der Waals surface area contributed by atoms with Crippen LogP contribution in [0.5, 0.6) is 5.75 Å². The molecule has 0 spiro atoms. The molecular weight excluding hydrogens is 300 g/mol. The molecule has 22 heavy (non-hydrogen) atoms. The lowest BCUT2D eigenvalue weighted by Gasteiger charge is -2.22. The Balaban J connectivity index is 2.01. The predicted molar refractivity (Wildman–Crippen MR) is 91.0 cm³/mol. The Morgan fingerprint density at radius 1 is 1.23 bits per heavy atom. The van der Waals surface area contributed by atoms with Crippen molar-refractivity contribution in [2.24, 2.45) is 0 Å². The summed E-state index contributed by atoms with van der Waals surface area (Å²) in [5, 5.41) is 3.32. The molecule has 1 amide bonds. The fourth-order valence-electron chi connectivity index (χ4n) is 2.14. The Hall–Kier alpha value is -2.20. The number of carbonyl (C=O) groups excluding carboxylic acids is 1. The molecule has 0 aromatic heterocycles. The number of halogens is 1. The fraction of sp³-hybridized carbons (Fsp3) is 0.235. The van der Waals surface area contributed by atoms with Gasteiger partial charge in [0.25, 0.3) is 0 Å². The highest BCUT2D eigenvalue weighted by atomic mass is 35.5. The Labute approximate surface area is 135 Å². The lowest BCUT2D eigenvalue weighted by Crippen LogP contribution is -2.33. The maximum absolute atomic E-state index is 12.2. The molecule has 0 aliphatic rings. The molecule has 0 saturated heterocycles. The van der Waals surface area contributed by atoms with Crippen molar-refractivity contribution in [2.75, 3.05) is 30.4 Å². The van der Waals surface area contributed by atoms with E-state index in [4.69, 9.17) is 16.3 Å². The minimum Gasteiger partial charge on any atom is -0.495 e. The van der Waals surface area contributed by atoms with Gasteiger partial charge in [0.2, 0.25) is 5.91 Å². The molecule has 0 aliphatic heterocycles. The molecule has 0 aliphatic carbocycles. The van der Waals surface area contributed by atoms with Crippen LogP contribution in [-0.4, -0.2) is 26.1 Å². The molecule has 0 unspecified atom stereocenters. The number of carbonyl (C=O) groups is 1. The van der Waals surface area contributed by atoms with Gasteiger partial charge in [-0.3, -0.25) is 4.79 Å². The summed E-state index contributed by atoms with van der Waals surface area (Å²) in [6.45, 7) is 3.05. The lowest BCUT2D eigenvalue weighted by molar-refractivity contribution is -0.115. The summed E-state index contributed by atoms with van der Waals surface area (Å²) in [4.78, 5) is 14.2. The van der Waals surface area contributed by atoms with Crippen LogP contribution < -0.4 is 15.0 Å². The molecule has 0 radical (unpaired) electrons. The highest BCUT2D eigenvalue weighted by Gasteiger charge is 2.11. The van der Waals surface area contributed by atoms with Crippen molar-refractivity contribution in [2.45, 2.75) is 6.92 Å². The molecule has 0 saturated carbocycles. The Morgan fingerprint density at radius 2 is 1.95 bits per heavy atom. The van der Waals surface area contributed by atoms with E-state index < -0.39 is 0 Å². The molecule has 0 bridgehead atoms. The van der Waals surface area contributed by atoms with Crippen molar-refractivity contribution in [3.63, 3.8) is 0 Å². The number of amides is 1. The molecule has 0 atom stereocenters. The van der Waals surface area contributed by atoms with E-state index in [-0.39, 0.29) is 12.5 Å². The summed E-state index contributed by atoms with van der Waals surface area (Å²) in [7, 11) is 1.55. The van der Waals surface area contributed by atoms with Crippen LogP contribution in [0.1, 0.15) is 6.92 Å². The van der Waals surface area contributed by atoms with Crippen LogP contribution in [0.15, 0.2) is 48.5 Å². The first kappa shape index (κ1) is 16.2. The quantitative estimate of drug-likeness (QED) is 0.880. The van der Waals surface area contributed by atoms with Gasteiger partial charge in [0.05, 0.1) is 18.7 Å². The van der Waals surface area contributed by atoms with Crippen LogP contribution in [0.2, 0.25) is 5.02 Å². The number of rotatable bonds is 6. The first-order chi connectivity index (χ1) is 10.6. The van der Waals surface area contributed by atoms with Crippen LogP contribution >= 0.6 is 11.6 Å². The highest BCUT2D eigenvalue weighted by Crippen LogP contribution is 2.27. The molecule has 5 heteroatoms. The normalized spacial score (nSPS) is 10.1. The second-order valence-electron chi connectivity index (χ2n) is 4.75. The Kier molecular flexibility index (Phi) is 5.67. The maximum Gasteiger partial charge on any atom is 0.243 e. The third-order valence-corrected chi connectivity index (χ3v) is 3.57. The average Bonchev–Trinajstić information content (AvgIpc) is 2.53. The second-order valence-corrected chi connectivity index (χ2v) is 5.15. The number of nitrogens with zero attached hydrogens (tertiary/aromatic N) is 1. The van der Waals surface area contributed by atoms with Gasteiger partial charge in [-0.05, 0) is 37.3 Å². The van der Waals surface area contributed by atoms with Gasteiger partial charge < -0.3 is 15.0 Å². The van der Waals surface area contributed by atoms with Gasteiger partial charge in [-0.2, -0.15) is 0 Å². The number of nitrogens with one attached hydrogen (secondary N) is 1. The van der Waals surface area contributed by atoms with Crippen LogP contribution in [0.4, 0.5) is 11.4 Å². The van der Waals surface area contributed by atoms with Gasteiger partial charge >= 0.3 is 0 Å². The average molecular weight is 319 g/mol. The largest absolute Gasteiger partial charge is 0.495 e. The van der Waals surface area contributed by atoms with Gasteiger partial charge in [0.1, 0.15) is 5.75 Å². The molecule has 0 fully saturated rings. The van der Waals surface area contributed by atoms with Gasteiger partial charge in [-0.15, -0.1) is 0 Å². The summed E-state index contributed by atoms with van der Waals surface area (Å²) in [6, 6.07) is 15.0. The highest BCUT2D eigenvalue weighted by molar-refractivity contribution is 6.32. The van der Waals surface area contributed by atoms with E-state index in [1.54, 1.807) is 25.3 Å². The minimum atomic E-state index is -0.0908. The summed E-state index contributed by atoms with van der Waals surface area (Å²) in [6.07, 6.45) is 0. The van der Waals surface area contributed by atoms with E-state index in [1.807, 2.05) is 42.2 Å². The van der Waals surface area contributed by atoms with Gasteiger partial charge in [-0.1, -0.05) is 29.8 Å². The number of hydrogen-bond acceptors (Lipinski definition) is 3. The number of hydrogen-bond donors (Lipinski definition) is 1. The zero-order valence-corrected chi connectivity index (χ0v) is 13.4. The summed E-state index contributed by atoms with van der Waals surface area (Å²) in [5.41, 5.74) is 1.67. The number of para-hydroxylation sites is 1. The van der Waals surface area contributed by atoms with Crippen molar-refractivity contribution in [1.82, 2.24) is 0 Å². The third-order valence-electron chi connectivity index (χ3n) is 3.27. The number of likely N-dealkylation sites (N-methyl/N-ethyl adjacent to an activating group) is 1. The fourth-order valence-corrected chi connectivity index (χ4v) is 2.40. The topological polar surface area (TPSA) is 41.6 Å². The number of ether oxygens (including phenoxy) is 1. The smallest absolute Gasteiger partial charge is 0.243 e. The molecule has 2 aromatic carbocycles. The molecule has 0 heterocycles. The maximum atomic E-state index is 12.2. The van der Waals surface area contributed by atoms with E-state index in [9.17, 15) is 4.79 Å². The zero-order chi connectivity index (χ0) is 15.9. The van der Waals surface area contributed by atoms with Gasteiger partial charge in [0, 0.05) is 17.9 Å². The molecule has 2 aromatic rings. The van der Waals surface area contributed by atoms with Gasteiger partial charge in [0.15, 0.2) is 0 Å². The van der Waals surface area contributed by atoms with E-state index >= 15 is 0 Å². The zero-order valence-electron chi connectivity index (χ0n) is 12.7. The van der Waals surface area contributed by atoms with Crippen molar-refractivity contribution in [3.8, 4) is 5.75 Å². The predicted octanol–water partition coefficient (Wildman–Crippen LogP) is 3.81. The summed E-state index contributed by atoms with van der Waals surface area (Å²) < 4.78 is 5.09. The van der Waals surface area contributed by atoms with Crippen molar-refractivity contribution in [1.29, 1.82) is 0 Å². The molecule has 116 valence electrons. The van der Waals surface area contributed by atoms with Gasteiger partial charge in [-0.25, -0.2) is 0 Å². The minimum absolute atomic E-state index is 0.0908. The number of methoxy groups -OCH3 is 1. The van der Waals surface area contributed by atoms with E-state index in [1.165, 1.54) is 0 Å². The van der Waals surface area contributed by atoms with Crippen molar-refractivity contribution >= 4 is 28.9 Å². The van der Waals surface area contributed by atoms with Crippen molar-refractivity contribution < 1.29 is 9.53 Å². The van der Waals surface area contributed by atoms with E-state index in [0.29, 0.717) is 16.5 Å². The van der Waals surface area contributed by atoms with E-state index in [2.05, 4.69) is 5.32 Å². The van der Waals surface area contributed by atoms with Crippen LogP contribution in [0.25, 0.3) is 0 Å². The SMILES string of the molecule is CCN(CC(=O)Nc1ccc(OC)c(Cl)c1)c1ccccc1. The van der Waals surface area contributed by atoms with Crippen LogP contribution in [-0.2, 0) is 4.79 Å². The van der Waals surface area contributed by atoms with E-state index in [0.717, 1.165) is 12.2 Å². The lowest BCUT2D eigenvalue weighted by atomic mass is 10.2. The summed E-state index contributed by atoms with van der Waals surface area (Å²) >= 11 is 6.06. The summed E-state index contributed by atoms with van der Waals surface area (Å²) in [5.74, 6) is 0.492. The second kappa shape index (κ2) is 7.71. The van der Waals surface area contributed by atoms with Crippen LogP contribution in [0.3, 0.4) is 0 Å². The van der Waals surface area contributed by atoms with Crippen molar-refractivity contribution in [3.05, 3.63) is 53.6 Å². The standard InChI is InChI=1S/C17H19ClN2O2/c1-3-20(14-7-5-4-6-8-14)12-17(21)19-13-9-10-16(22-2)15(18)11-13/h4-11H,3,12H2,1-2H3,(H,19,21). The molecular formula is C17H19ClN2O2. The molecule has 4 nitrogen and oxygen atoms in total. The Bertz CT molecular complexity index is 632.